The largest absolute Gasteiger partial charge is 0.497 e. The van der Waals surface area contributed by atoms with Crippen LogP contribution >= 0.6 is 0 Å². The highest BCUT2D eigenvalue weighted by atomic mass is 16.5. The van der Waals surface area contributed by atoms with Gasteiger partial charge in [0.1, 0.15) is 5.75 Å². The number of carbonyl (C=O) groups is 1. The Morgan fingerprint density at radius 3 is 2.93 bits per heavy atom. The standard InChI is InChI=1S/C22H24N4O3/c1-15-6-3-7-16(12-15)20-24-21(29-25-20)17-8-5-11-26(14-17)22(27)23-18-9-4-10-19(13-18)28-2/h3-4,6-7,9-10,12-13,17H,5,8,11,14H2,1-2H3,(H,23,27). The monoisotopic (exact) mass is 392 g/mol. The van der Waals surface area contributed by atoms with Crippen molar-refractivity contribution in [3.63, 3.8) is 0 Å². The number of ether oxygens (including phenoxy) is 1. The minimum Gasteiger partial charge on any atom is -0.497 e. The number of rotatable bonds is 4. The zero-order chi connectivity index (χ0) is 20.2. The number of carbonyl (C=O) groups excluding carboxylic acids is 1. The highest BCUT2D eigenvalue weighted by molar-refractivity contribution is 5.89. The van der Waals surface area contributed by atoms with Gasteiger partial charge in [-0.15, -0.1) is 0 Å². The minimum atomic E-state index is -0.138. The van der Waals surface area contributed by atoms with E-state index in [-0.39, 0.29) is 11.9 Å². The summed E-state index contributed by atoms with van der Waals surface area (Å²) in [5.41, 5.74) is 2.78. The number of likely N-dealkylation sites (tertiary alicyclic amines) is 1. The van der Waals surface area contributed by atoms with E-state index in [0.29, 0.717) is 36.2 Å². The number of nitrogens with zero attached hydrogens (tertiary/aromatic N) is 3. The maximum absolute atomic E-state index is 12.7. The van der Waals surface area contributed by atoms with Crippen LogP contribution in [0.15, 0.2) is 53.1 Å². The molecule has 4 rings (SSSR count). The summed E-state index contributed by atoms with van der Waals surface area (Å²) in [7, 11) is 1.60. The van der Waals surface area contributed by atoms with Crippen molar-refractivity contribution < 1.29 is 14.1 Å². The summed E-state index contributed by atoms with van der Waals surface area (Å²) in [6, 6.07) is 15.2. The molecule has 29 heavy (non-hydrogen) atoms. The molecule has 1 saturated heterocycles. The number of methoxy groups -OCH3 is 1. The van der Waals surface area contributed by atoms with E-state index in [1.165, 1.54) is 0 Å². The predicted molar refractivity (Wildman–Crippen MR) is 110 cm³/mol. The Bertz CT molecular complexity index is 1000. The van der Waals surface area contributed by atoms with Crippen LogP contribution in [-0.4, -0.2) is 41.3 Å². The lowest BCUT2D eigenvalue weighted by atomic mass is 9.98. The van der Waals surface area contributed by atoms with Crippen molar-refractivity contribution in [2.75, 3.05) is 25.5 Å². The normalized spacial score (nSPS) is 16.5. The molecule has 150 valence electrons. The number of hydrogen-bond donors (Lipinski definition) is 1. The first kappa shape index (κ1) is 19.0. The summed E-state index contributed by atoms with van der Waals surface area (Å²) >= 11 is 0. The summed E-state index contributed by atoms with van der Waals surface area (Å²) in [6.07, 6.45) is 1.80. The molecule has 3 aromatic rings. The number of urea groups is 1. The molecule has 0 saturated carbocycles. The lowest BCUT2D eigenvalue weighted by Crippen LogP contribution is -2.41. The van der Waals surface area contributed by atoms with Crippen LogP contribution in [0.3, 0.4) is 0 Å². The van der Waals surface area contributed by atoms with Gasteiger partial charge in [0.05, 0.1) is 13.0 Å². The van der Waals surface area contributed by atoms with E-state index in [0.717, 1.165) is 24.0 Å². The fourth-order valence-electron chi connectivity index (χ4n) is 3.57. The van der Waals surface area contributed by atoms with E-state index in [4.69, 9.17) is 9.26 Å². The van der Waals surface area contributed by atoms with Gasteiger partial charge < -0.3 is 19.5 Å². The van der Waals surface area contributed by atoms with E-state index in [1.54, 1.807) is 18.1 Å². The molecule has 1 aliphatic rings. The van der Waals surface area contributed by atoms with Gasteiger partial charge in [0.15, 0.2) is 0 Å². The third-order valence-electron chi connectivity index (χ3n) is 5.10. The van der Waals surface area contributed by atoms with E-state index in [1.807, 2.05) is 49.4 Å². The van der Waals surface area contributed by atoms with Gasteiger partial charge in [0, 0.05) is 30.4 Å². The van der Waals surface area contributed by atoms with Crippen molar-refractivity contribution in [1.82, 2.24) is 15.0 Å². The molecule has 0 aliphatic carbocycles. The van der Waals surface area contributed by atoms with Crippen molar-refractivity contribution in [1.29, 1.82) is 0 Å². The smallest absolute Gasteiger partial charge is 0.321 e. The van der Waals surface area contributed by atoms with Crippen LogP contribution < -0.4 is 10.1 Å². The molecular formula is C22H24N4O3. The van der Waals surface area contributed by atoms with Crippen LogP contribution in [0.1, 0.15) is 30.2 Å². The number of hydrogen-bond acceptors (Lipinski definition) is 5. The fraction of sp³-hybridized carbons (Fsp3) is 0.318. The average Bonchev–Trinajstić information content (AvgIpc) is 3.24. The number of nitrogens with one attached hydrogen (secondary N) is 1. The third-order valence-corrected chi connectivity index (χ3v) is 5.10. The molecule has 1 atom stereocenters. The summed E-state index contributed by atoms with van der Waals surface area (Å²) in [5.74, 6) is 1.90. The zero-order valence-electron chi connectivity index (χ0n) is 16.6. The second-order valence-electron chi connectivity index (χ2n) is 7.27. The number of anilines is 1. The van der Waals surface area contributed by atoms with Crippen LogP contribution in [-0.2, 0) is 0 Å². The van der Waals surface area contributed by atoms with Crippen molar-refractivity contribution in [3.05, 3.63) is 60.0 Å². The summed E-state index contributed by atoms with van der Waals surface area (Å²) in [5, 5.41) is 7.08. The van der Waals surface area contributed by atoms with Gasteiger partial charge in [-0.2, -0.15) is 4.98 Å². The molecule has 7 nitrogen and oxygen atoms in total. The molecular weight excluding hydrogens is 368 g/mol. The lowest BCUT2D eigenvalue weighted by Gasteiger charge is -2.31. The molecule has 0 bridgehead atoms. The maximum atomic E-state index is 12.7. The van der Waals surface area contributed by atoms with Crippen LogP contribution in [0, 0.1) is 6.92 Å². The Hall–Kier alpha value is -3.35. The third kappa shape index (κ3) is 4.39. The fourth-order valence-corrected chi connectivity index (χ4v) is 3.57. The van der Waals surface area contributed by atoms with Crippen molar-refractivity contribution in [2.24, 2.45) is 0 Å². The highest BCUT2D eigenvalue weighted by Gasteiger charge is 2.29. The van der Waals surface area contributed by atoms with Crippen molar-refractivity contribution in [2.45, 2.75) is 25.7 Å². The second kappa shape index (κ2) is 8.34. The predicted octanol–water partition coefficient (Wildman–Crippen LogP) is 4.47. The van der Waals surface area contributed by atoms with Gasteiger partial charge >= 0.3 is 6.03 Å². The lowest BCUT2D eigenvalue weighted by molar-refractivity contribution is 0.184. The molecule has 1 fully saturated rings. The topological polar surface area (TPSA) is 80.5 Å². The Morgan fingerprint density at radius 1 is 1.24 bits per heavy atom. The first-order chi connectivity index (χ1) is 14.1. The first-order valence-electron chi connectivity index (χ1n) is 9.73. The Kier molecular flexibility index (Phi) is 5.46. The first-order valence-corrected chi connectivity index (χ1v) is 9.73. The number of benzene rings is 2. The van der Waals surface area contributed by atoms with Crippen molar-refractivity contribution >= 4 is 11.7 Å². The molecule has 2 amide bonds. The van der Waals surface area contributed by atoms with Gasteiger partial charge in [0.2, 0.25) is 11.7 Å². The van der Waals surface area contributed by atoms with Crippen LogP contribution in [0.4, 0.5) is 10.5 Å². The van der Waals surface area contributed by atoms with Crippen LogP contribution in [0.25, 0.3) is 11.4 Å². The molecule has 1 N–H and O–H groups in total. The second-order valence-corrected chi connectivity index (χ2v) is 7.27. The van der Waals surface area contributed by atoms with E-state index in [9.17, 15) is 4.79 Å². The molecule has 1 aromatic heterocycles. The number of piperidine rings is 1. The molecule has 0 radical (unpaired) electrons. The Labute approximate surface area is 169 Å². The van der Waals surface area contributed by atoms with E-state index >= 15 is 0 Å². The number of aromatic nitrogens is 2. The minimum absolute atomic E-state index is 0.0332. The Balaban J connectivity index is 1.43. The summed E-state index contributed by atoms with van der Waals surface area (Å²) in [4.78, 5) is 19.1. The van der Waals surface area contributed by atoms with Gasteiger partial charge in [-0.25, -0.2) is 4.79 Å². The number of amides is 2. The quantitative estimate of drug-likeness (QED) is 0.709. The zero-order valence-corrected chi connectivity index (χ0v) is 16.6. The van der Waals surface area contributed by atoms with Gasteiger partial charge in [-0.05, 0) is 38.0 Å². The molecule has 1 aliphatic heterocycles. The average molecular weight is 392 g/mol. The molecule has 2 heterocycles. The van der Waals surface area contributed by atoms with E-state index < -0.39 is 0 Å². The molecule has 2 aromatic carbocycles. The number of aryl methyl sites for hydroxylation is 1. The van der Waals surface area contributed by atoms with Crippen LogP contribution in [0.5, 0.6) is 5.75 Å². The molecule has 1 unspecified atom stereocenters. The summed E-state index contributed by atoms with van der Waals surface area (Å²) < 4.78 is 10.7. The maximum Gasteiger partial charge on any atom is 0.321 e. The van der Waals surface area contributed by atoms with Gasteiger partial charge in [-0.3, -0.25) is 0 Å². The SMILES string of the molecule is COc1cccc(NC(=O)N2CCCC(c3nc(-c4cccc(C)c4)no3)C2)c1. The Morgan fingerprint density at radius 2 is 2.10 bits per heavy atom. The molecule has 0 spiro atoms. The van der Waals surface area contributed by atoms with E-state index in [2.05, 4.69) is 15.5 Å². The van der Waals surface area contributed by atoms with Crippen LogP contribution in [0.2, 0.25) is 0 Å². The molecule has 7 heteroatoms. The van der Waals surface area contributed by atoms with Crippen molar-refractivity contribution in [3.8, 4) is 17.1 Å². The summed E-state index contributed by atoms with van der Waals surface area (Å²) in [6.45, 7) is 3.28. The van der Waals surface area contributed by atoms with Gasteiger partial charge in [0.25, 0.3) is 0 Å². The van der Waals surface area contributed by atoms with Gasteiger partial charge in [-0.1, -0.05) is 35.0 Å². The highest BCUT2D eigenvalue weighted by Crippen LogP contribution is 2.28.